The summed E-state index contributed by atoms with van der Waals surface area (Å²) in [6, 6.07) is 8.14. The Bertz CT molecular complexity index is 272. The molecule has 0 saturated heterocycles. The SMILES string of the molecule is CCOc1ccccc1C(CN)NC. The zero-order valence-electron chi connectivity index (χ0n) is 8.79. The van der Waals surface area contributed by atoms with E-state index in [1.165, 1.54) is 0 Å². The Balaban J connectivity index is 2.92. The molecule has 0 aliphatic carbocycles. The Labute approximate surface area is 85.3 Å². The van der Waals surface area contributed by atoms with E-state index < -0.39 is 0 Å². The lowest BCUT2D eigenvalue weighted by Gasteiger charge is -2.17. The van der Waals surface area contributed by atoms with Crippen LogP contribution < -0.4 is 15.8 Å². The van der Waals surface area contributed by atoms with Crippen LogP contribution in [0, 0.1) is 0 Å². The van der Waals surface area contributed by atoms with Crippen molar-refractivity contribution in [3.63, 3.8) is 0 Å². The highest BCUT2D eigenvalue weighted by atomic mass is 16.5. The van der Waals surface area contributed by atoms with Crippen LogP contribution in [0.1, 0.15) is 18.5 Å². The summed E-state index contributed by atoms with van der Waals surface area (Å²) < 4.78 is 5.53. The average Bonchev–Trinajstić information content (AvgIpc) is 2.23. The molecule has 14 heavy (non-hydrogen) atoms. The third-order valence-electron chi connectivity index (χ3n) is 2.18. The Morgan fingerprint density at radius 1 is 1.43 bits per heavy atom. The van der Waals surface area contributed by atoms with Crippen molar-refractivity contribution in [1.29, 1.82) is 0 Å². The van der Waals surface area contributed by atoms with Gasteiger partial charge in [-0.2, -0.15) is 0 Å². The predicted octanol–water partition coefficient (Wildman–Crippen LogP) is 1.30. The number of hydrogen-bond donors (Lipinski definition) is 2. The molecule has 0 saturated carbocycles. The summed E-state index contributed by atoms with van der Waals surface area (Å²) >= 11 is 0. The van der Waals surface area contributed by atoms with E-state index in [0.29, 0.717) is 13.2 Å². The van der Waals surface area contributed by atoms with Crippen molar-refractivity contribution in [3.05, 3.63) is 29.8 Å². The minimum Gasteiger partial charge on any atom is -0.494 e. The van der Waals surface area contributed by atoms with Crippen molar-refractivity contribution < 1.29 is 4.74 Å². The molecular weight excluding hydrogens is 176 g/mol. The van der Waals surface area contributed by atoms with Gasteiger partial charge in [0.05, 0.1) is 6.61 Å². The molecule has 1 unspecified atom stereocenters. The first-order chi connectivity index (χ1) is 6.83. The molecule has 3 heteroatoms. The van der Waals surface area contributed by atoms with E-state index in [-0.39, 0.29) is 6.04 Å². The lowest BCUT2D eigenvalue weighted by Crippen LogP contribution is -2.25. The Morgan fingerprint density at radius 2 is 2.14 bits per heavy atom. The number of nitrogens with one attached hydrogen (secondary N) is 1. The molecule has 3 nitrogen and oxygen atoms in total. The highest BCUT2D eigenvalue weighted by Gasteiger charge is 2.11. The number of likely N-dealkylation sites (N-methyl/N-ethyl adjacent to an activating group) is 1. The lowest BCUT2D eigenvalue weighted by atomic mass is 10.1. The maximum Gasteiger partial charge on any atom is 0.124 e. The maximum atomic E-state index is 5.66. The summed E-state index contributed by atoms with van der Waals surface area (Å²) in [4.78, 5) is 0. The number of hydrogen-bond acceptors (Lipinski definition) is 3. The molecule has 0 bridgehead atoms. The zero-order chi connectivity index (χ0) is 10.4. The summed E-state index contributed by atoms with van der Waals surface area (Å²) in [7, 11) is 1.90. The van der Waals surface area contributed by atoms with Crippen LogP contribution in [0.25, 0.3) is 0 Å². The van der Waals surface area contributed by atoms with Gasteiger partial charge in [-0.25, -0.2) is 0 Å². The van der Waals surface area contributed by atoms with Gasteiger partial charge in [0.25, 0.3) is 0 Å². The quantitative estimate of drug-likeness (QED) is 0.743. The van der Waals surface area contributed by atoms with Gasteiger partial charge in [-0.1, -0.05) is 18.2 Å². The van der Waals surface area contributed by atoms with E-state index in [1.807, 2.05) is 38.2 Å². The van der Waals surface area contributed by atoms with E-state index in [9.17, 15) is 0 Å². The van der Waals surface area contributed by atoms with Gasteiger partial charge < -0.3 is 15.8 Å². The summed E-state index contributed by atoms with van der Waals surface area (Å²) in [5, 5.41) is 3.16. The molecule has 0 fully saturated rings. The molecule has 3 N–H and O–H groups in total. The molecule has 0 aliphatic rings. The fourth-order valence-electron chi connectivity index (χ4n) is 1.46. The van der Waals surface area contributed by atoms with E-state index in [1.54, 1.807) is 0 Å². The lowest BCUT2D eigenvalue weighted by molar-refractivity contribution is 0.332. The molecule has 1 aromatic rings. The summed E-state index contributed by atoms with van der Waals surface area (Å²) in [6.45, 7) is 3.23. The first-order valence-corrected chi connectivity index (χ1v) is 4.92. The van der Waals surface area contributed by atoms with Crippen molar-refractivity contribution in [3.8, 4) is 5.75 Å². The second-order valence-corrected chi connectivity index (χ2v) is 3.05. The number of rotatable bonds is 5. The summed E-state index contributed by atoms with van der Waals surface area (Å²) in [5.41, 5.74) is 6.79. The molecule has 0 amide bonds. The summed E-state index contributed by atoms with van der Waals surface area (Å²) in [6.07, 6.45) is 0. The molecular formula is C11H18N2O. The molecule has 0 aromatic heterocycles. The van der Waals surface area contributed by atoms with Gasteiger partial charge in [-0.15, -0.1) is 0 Å². The van der Waals surface area contributed by atoms with Crippen LogP contribution in [0.3, 0.4) is 0 Å². The second-order valence-electron chi connectivity index (χ2n) is 3.05. The van der Waals surface area contributed by atoms with Gasteiger partial charge >= 0.3 is 0 Å². The fourth-order valence-corrected chi connectivity index (χ4v) is 1.46. The van der Waals surface area contributed by atoms with Gasteiger partial charge in [0.15, 0.2) is 0 Å². The number of benzene rings is 1. The first-order valence-electron chi connectivity index (χ1n) is 4.92. The van der Waals surface area contributed by atoms with E-state index in [2.05, 4.69) is 5.32 Å². The van der Waals surface area contributed by atoms with Crippen molar-refractivity contribution >= 4 is 0 Å². The maximum absolute atomic E-state index is 5.66. The largest absolute Gasteiger partial charge is 0.494 e. The molecule has 0 spiro atoms. The number of nitrogens with two attached hydrogens (primary N) is 1. The van der Waals surface area contributed by atoms with E-state index in [0.717, 1.165) is 11.3 Å². The third-order valence-corrected chi connectivity index (χ3v) is 2.18. The molecule has 1 atom stereocenters. The zero-order valence-corrected chi connectivity index (χ0v) is 8.79. The fraction of sp³-hybridized carbons (Fsp3) is 0.455. The second kappa shape index (κ2) is 5.62. The number of ether oxygens (including phenoxy) is 1. The Kier molecular flexibility index (Phi) is 4.43. The Hall–Kier alpha value is -1.06. The van der Waals surface area contributed by atoms with Crippen molar-refractivity contribution in [2.75, 3.05) is 20.2 Å². The monoisotopic (exact) mass is 194 g/mol. The van der Waals surface area contributed by atoms with Crippen LogP contribution in [-0.4, -0.2) is 20.2 Å². The van der Waals surface area contributed by atoms with Gasteiger partial charge in [0.1, 0.15) is 5.75 Å². The number of para-hydroxylation sites is 1. The van der Waals surface area contributed by atoms with E-state index in [4.69, 9.17) is 10.5 Å². The van der Waals surface area contributed by atoms with Crippen molar-refractivity contribution in [2.24, 2.45) is 5.73 Å². The van der Waals surface area contributed by atoms with Gasteiger partial charge in [-0.05, 0) is 20.0 Å². The van der Waals surface area contributed by atoms with Gasteiger partial charge in [-0.3, -0.25) is 0 Å². The van der Waals surface area contributed by atoms with Crippen LogP contribution in [0.2, 0.25) is 0 Å². The normalized spacial score (nSPS) is 12.5. The minimum absolute atomic E-state index is 0.165. The molecule has 0 aliphatic heterocycles. The smallest absolute Gasteiger partial charge is 0.124 e. The third kappa shape index (κ3) is 2.47. The van der Waals surface area contributed by atoms with Crippen LogP contribution in [0.15, 0.2) is 24.3 Å². The highest BCUT2D eigenvalue weighted by molar-refractivity contribution is 5.36. The molecule has 78 valence electrons. The topological polar surface area (TPSA) is 47.3 Å². The van der Waals surface area contributed by atoms with Crippen molar-refractivity contribution in [1.82, 2.24) is 5.32 Å². The standard InChI is InChI=1S/C11H18N2O/c1-3-14-11-7-5-4-6-9(11)10(8-12)13-2/h4-7,10,13H,3,8,12H2,1-2H3. The highest BCUT2D eigenvalue weighted by Crippen LogP contribution is 2.23. The van der Waals surface area contributed by atoms with E-state index >= 15 is 0 Å². The van der Waals surface area contributed by atoms with Gasteiger partial charge in [0, 0.05) is 18.2 Å². The first kappa shape index (κ1) is 11.0. The molecule has 0 heterocycles. The van der Waals surface area contributed by atoms with Crippen LogP contribution in [0.4, 0.5) is 0 Å². The van der Waals surface area contributed by atoms with Gasteiger partial charge in [0.2, 0.25) is 0 Å². The summed E-state index contributed by atoms with van der Waals surface area (Å²) in [5.74, 6) is 0.916. The Morgan fingerprint density at radius 3 is 2.71 bits per heavy atom. The molecule has 1 aromatic carbocycles. The van der Waals surface area contributed by atoms with Crippen LogP contribution in [0.5, 0.6) is 5.75 Å². The molecule has 0 radical (unpaired) electrons. The van der Waals surface area contributed by atoms with Crippen LogP contribution in [-0.2, 0) is 0 Å². The average molecular weight is 194 g/mol. The molecule has 1 rings (SSSR count). The predicted molar refractivity (Wildman–Crippen MR) is 58.5 cm³/mol. The minimum atomic E-state index is 0.165. The van der Waals surface area contributed by atoms with Crippen LogP contribution >= 0.6 is 0 Å². The van der Waals surface area contributed by atoms with Crippen molar-refractivity contribution in [2.45, 2.75) is 13.0 Å².